The Labute approximate surface area is 136 Å². The molecular formula is C17H15F3N2O2. The molecule has 1 aliphatic rings. The summed E-state index contributed by atoms with van der Waals surface area (Å²) in [7, 11) is 0. The fourth-order valence-electron chi connectivity index (χ4n) is 2.65. The number of carbonyl (C=O) groups excluding carboxylic acids is 1. The molecule has 24 heavy (non-hydrogen) atoms. The molecule has 0 aromatic heterocycles. The topological polar surface area (TPSA) is 41.6 Å². The van der Waals surface area contributed by atoms with Crippen LogP contribution in [0.5, 0.6) is 5.75 Å². The van der Waals surface area contributed by atoms with Crippen molar-refractivity contribution in [2.75, 3.05) is 11.9 Å². The second-order valence-corrected chi connectivity index (χ2v) is 5.41. The first-order valence-electron chi connectivity index (χ1n) is 7.40. The molecule has 0 spiro atoms. The lowest BCUT2D eigenvalue weighted by atomic mass is 10.0. The smallest absolute Gasteiger partial charge is 0.404 e. The van der Waals surface area contributed by atoms with Crippen LogP contribution in [-0.4, -0.2) is 23.8 Å². The summed E-state index contributed by atoms with van der Waals surface area (Å²) in [4.78, 5) is 13.9. The lowest BCUT2D eigenvalue weighted by Crippen LogP contribution is -2.39. The van der Waals surface area contributed by atoms with Gasteiger partial charge in [0.25, 0.3) is 0 Å². The van der Waals surface area contributed by atoms with Crippen molar-refractivity contribution in [2.45, 2.75) is 19.3 Å². The highest BCUT2D eigenvalue weighted by atomic mass is 19.4. The molecule has 0 atom stereocenters. The Kier molecular flexibility index (Phi) is 4.33. The van der Waals surface area contributed by atoms with Crippen LogP contribution >= 0.6 is 0 Å². The number of para-hydroxylation sites is 2. The first kappa shape index (κ1) is 16.2. The molecule has 0 fully saturated rings. The van der Waals surface area contributed by atoms with E-state index in [1.165, 1.54) is 23.8 Å². The molecule has 2 aromatic rings. The molecule has 1 heterocycles. The minimum atomic E-state index is -4.81. The van der Waals surface area contributed by atoms with Gasteiger partial charge in [0.15, 0.2) is 5.75 Å². The maximum atomic E-state index is 12.4. The van der Waals surface area contributed by atoms with Gasteiger partial charge in [0.2, 0.25) is 0 Å². The van der Waals surface area contributed by atoms with E-state index in [1.54, 1.807) is 4.90 Å². The number of benzene rings is 2. The van der Waals surface area contributed by atoms with Crippen LogP contribution in [0.2, 0.25) is 0 Å². The second kappa shape index (κ2) is 6.43. The lowest BCUT2D eigenvalue weighted by molar-refractivity contribution is -0.274. The highest BCUT2D eigenvalue weighted by Gasteiger charge is 2.32. The summed E-state index contributed by atoms with van der Waals surface area (Å²) in [5, 5.41) is 2.50. The van der Waals surface area contributed by atoms with Crippen molar-refractivity contribution in [1.82, 2.24) is 4.90 Å². The molecule has 2 amide bonds. The van der Waals surface area contributed by atoms with Gasteiger partial charge >= 0.3 is 12.4 Å². The normalized spacial score (nSPS) is 14.0. The minimum absolute atomic E-state index is 0.0151. The maximum Gasteiger partial charge on any atom is 0.573 e. The van der Waals surface area contributed by atoms with Crippen molar-refractivity contribution >= 4 is 11.7 Å². The van der Waals surface area contributed by atoms with Crippen LogP contribution in [0.1, 0.15) is 11.1 Å². The van der Waals surface area contributed by atoms with Crippen LogP contribution in [0.25, 0.3) is 0 Å². The van der Waals surface area contributed by atoms with Crippen molar-refractivity contribution in [3.63, 3.8) is 0 Å². The molecule has 0 radical (unpaired) electrons. The van der Waals surface area contributed by atoms with Crippen molar-refractivity contribution in [1.29, 1.82) is 0 Å². The molecule has 3 rings (SSSR count). The summed E-state index contributed by atoms with van der Waals surface area (Å²) in [6.07, 6.45) is -4.10. The Balaban J connectivity index is 1.72. The fraction of sp³-hybridized carbons (Fsp3) is 0.235. The predicted molar refractivity (Wildman–Crippen MR) is 82.7 cm³/mol. The summed E-state index contributed by atoms with van der Waals surface area (Å²) in [6.45, 7) is 0.926. The number of hydrogen-bond donors (Lipinski definition) is 1. The predicted octanol–water partition coefficient (Wildman–Crippen LogP) is 4.18. The highest BCUT2D eigenvalue weighted by Crippen LogP contribution is 2.30. The Morgan fingerprint density at radius 3 is 2.46 bits per heavy atom. The van der Waals surface area contributed by atoms with Gasteiger partial charge in [-0.05, 0) is 29.7 Å². The van der Waals surface area contributed by atoms with Gasteiger partial charge in [0.05, 0.1) is 5.69 Å². The lowest BCUT2D eigenvalue weighted by Gasteiger charge is -2.29. The van der Waals surface area contributed by atoms with Crippen molar-refractivity contribution in [2.24, 2.45) is 0 Å². The van der Waals surface area contributed by atoms with E-state index in [-0.39, 0.29) is 5.69 Å². The zero-order valence-corrected chi connectivity index (χ0v) is 12.6. The zero-order valence-electron chi connectivity index (χ0n) is 12.6. The van der Waals surface area contributed by atoms with Crippen LogP contribution in [0.15, 0.2) is 48.5 Å². The average molecular weight is 336 g/mol. The number of alkyl halides is 3. The number of anilines is 1. The summed E-state index contributed by atoms with van der Waals surface area (Å²) in [5.74, 6) is -0.434. The summed E-state index contributed by atoms with van der Waals surface area (Å²) < 4.78 is 41.2. The van der Waals surface area contributed by atoms with Gasteiger partial charge in [-0.25, -0.2) is 4.79 Å². The van der Waals surface area contributed by atoms with Gasteiger partial charge in [0.1, 0.15) is 0 Å². The number of nitrogens with one attached hydrogen (secondary N) is 1. The molecule has 4 nitrogen and oxygen atoms in total. The molecule has 0 saturated heterocycles. The zero-order chi connectivity index (χ0) is 17.2. The summed E-state index contributed by atoms with van der Waals surface area (Å²) >= 11 is 0. The summed E-state index contributed by atoms with van der Waals surface area (Å²) in [6, 6.07) is 12.8. The van der Waals surface area contributed by atoms with E-state index >= 15 is 0 Å². The van der Waals surface area contributed by atoms with Crippen LogP contribution in [-0.2, 0) is 13.0 Å². The van der Waals surface area contributed by atoms with Gasteiger partial charge in [-0.15, -0.1) is 13.2 Å². The number of amides is 2. The Hall–Kier alpha value is -2.70. The van der Waals surface area contributed by atoms with Gasteiger partial charge in [0, 0.05) is 13.1 Å². The molecule has 126 valence electrons. The molecular weight excluding hydrogens is 321 g/mol. The third-order valence-electron chi connectivity index (χ3n) is 3.77. The Morgan fingerprint density at radius 2 is 1.71 bits per heavy atom. The van der Waals surface area contributed by atoms with E-state index in [2.05, 4.69) is 10.1 Å². The van der Waals surface area contributed by atoms with E-state index < -0.39 is 18.1 Å². The van der Waals surface area contributed by atoms with E-state index in [0.29, 0.717) is 19.5 Å². The number of halogens is 3. The fourth-order valence-corrected chi connectivity index (χ4v) is 2.65. The standard InChI is InChI=1S/C17H15F3N2O2/c18-17(19,20)24-15-8-4-3-7-14(15)21-16(23)22-10-9-12-5-1-2-6-13(12)11-22/h1-8H,9-11H2,(H,21,23). The summed E-state index contributed by atoms with van der Waals surface area (Å²) in [5.41, 5.74) is 2.21. The highest BCUT2D eigenvalue weighted by molar-refractivity contribution is 5.91. The second-order valence-electron chi connectivity index (χ2n) is 5.41. The van der Waals surface area contributed by atoms with Crippen LogP contribution in [0.4, 0.5) is 23.7 Å². The molecule has 0 unspecified atom stereocenters. The van der Waals surface area contributed by atoms with E-state index in [4.69, 9.17) is 0 Å². The quantitative estimate of drug-likeness (QED) is 0.894. The van der Waals surface area contributed by atoms with Crippen LogP contribution < -0.4 is 10.1 Å². The van der Waals surface area contributed by atoms with Crippen molar-refractivity contribution in [3.05, 3.63) is 59.7 Å². The molecule has 1 aliphatic heterocycles. The van der Waals surface area contributed by atoms with E-state index in [1.807, 2.05) is 24.3 Å². The van der Waals surface area contributed by atoms with Crippen LogP contribution in [0.3, 0.4) is 0 Å². The maximum absolute atomic E-state index is 12.4. The van der Waals surface area contributed by atoms with Gasteiger partial charge < -0.3 is 15.0 Å². The molecule has 1 N–H and O–H groups in total. The largest absolute Gasteiger partial charge is 0.573 e. The van der Waals surface area contributed by atoms with Gasteiger partial charge in [-0.3, -0.25) is 0 Å². The molecule has 0 saturated carbocycles. The Morgan fingerprint density at radius 1 is 1.04 bits per heavy atom. The number of nitrogens with zero attached hydrogens (tertiary/aromatic N) is 1. The number of ether oxygens (including phenoxy) is 1. The molecule has 7 heteroatoms. The number of rotatable bonds is 2. The average Bonchev–Trinajstić information content (AvgIpc) is 2.55. The molecule has 2 aromatic carbocycles. The number of urea groups is 1. The van der Waals surface area contributed by atoms with Gasteiger partial charge in [-0.1, -0.05) is 36.4 Å². The van der Waals surface area contributed by atoms with Gasteiger partial charge in [-0.2, -0.15) is 0 Å². The molecule has 0 bridgehead atoms. The minimum Gasteiger partial charge on any atom is -0.404 e. The van der Waals surface area contributed by atoms with Crippen LogP contribution in [0, 0.1) is 0 Å². The van der Waals surface area contributed by atoms with E-state index in [0.717, 1.165) is 11.6 Å². The first-order valence-corrected chi connectivity index (χ1v) is 7.40. The number of fused-ring (bicyclic) bond motifs is 1. The molecule has 0 aliphatic carbocycles. The number of hydrogen-bond acceptors (Lipinski definition) is 2. The third-order valence-corrected chi connectivity index (χ3v) is 3.77. The Bertz CT molecular complexity index is 747. The third kappa shape index (κ3) is 3.79. The first-order chi connectivity index (χ1) is 11.4. The number of carbonyl (C=O) groups is 1. The monoisotopic (exact) mass is 336 g/mol. The van der Waals surface area contributed by atoms with Crippen molar-refractivity contribution in [3.8, 4) is 5.75 Å². The van der Waals surface area contributed by atoms with E-state index in [9.17, 15) is 18.0 Å². The van der Waals surface area contributed by atoms with Crippen molar-refractivity contribution < 1.29 is 22.7 Å². The SMILES string of the molecule is O=C(Nc1ccccc1OC(F)(F)F)N1CCc2ccccc2C1.